The van der Waals surface area contributed by atoms with Gasteiger partial charge in [-0.25, -0.2) is 0 Å². The quantitative estimate of drug-likeness (QED) is 0.619. The molecule has 2 nitrogen and oxygen atoms in total. The highest BCUT2D eigenvalue weighted by atomic mass is 16.5. The lowest BCUT2D eigenvalue weighted by Crippen LogP contribution is -2.02. The minimum absolute atomic E-state index is 0.171. The Bertz CT molecular complexity index is 170. The van der Waals surface area contributed by atoms with E-state index in [0.717, 1.165) is 19.3 Å². The molecule has 0 saturated carbocycles. The van der Waals surface area contributed by atoms with E-state index in [-0.39, 0.29) is 5.78 Å². The van der Waals surface area contributed by atoms with Gasteiger partial charge in [-0.1, -0.05) is 13.3 Å². The number of carbonyl (C=O) groups is 1. The molecule has 1 aliphatic heterocycles. The van der Waals surface area contributed by atoms with E-state index in [2.05, 4.69) is 6.92 Å². The van der Waals surface area contributed by atoms with Crippen LogP contribution in [-0.2, 0) is 9.53 Å². The van der Waals surface area contributed by atoms with Gasteiger partial charge in [0.15, 0.2) is 11.5 Å². The maximum absolute atomic E-state index is 11.2. The van der Waals surface area contributed by atoms with Crippen LogP contribution in [0.2, 0.25) is 0 Å². The summed E-state index contributed by atoms with van der Waals surface area (Å²) in [7, 11) is 0. The van der Waals surface area contributed by atoms with Crippen LogP contribution in [0.3, 0.4) is 0 Å². The molecular formula is C9H14O2. The molecule has 0 spiro atoms. The Balaban J connectivity index is 2.29. The number of Topliss-reactive ketones (excluding diaryl/α,β-unsaturated/α-hetero) is 1. The molecular weight excluding hydrogens is 140 g/mol. The summed E-state index contributed by atoms with van der Waals surface area (Å²) in [5, 5.41) is 0. The van der Waals surface area contributed by atoms with Crippen molar-refractivity contribution >= 4 is 5.78 Å². The molecule has 0 aliphatic carbocycles. The van der Waals surface area contributed by atoms with Crippen LogP contribution in [0.4, 0.5) is 0 Å². The fourth-order valence-electron chi connectivity index (χ4n) is 1.07. The molecule has 1 rings (SSSR count). The third-order valence-corrected chi connectivity index (χ3v) is 1.74. The van der Waals surface area contributed by atoms with Crippen LogP contribution in [0.25, 0.3) is 0 Å². The molecule has 2 heteroatoms. The van der Waals surface area contributed by atoms with Gasteiger partial charge in [0, 0.05) is 12.8 Å². The standard InChI is InChI=1S/C9H14O2/c1-2-3-5-8(10)9-6-4-7-11-9/h6H,2-5,7H2,1H3. The predicted molar refractivity (Wildman–Crippen MR) is 43.2 cm³/mol. The molecule has 0 unspecified atom stereocenters. The Morgan fingerprint density at radius 1 is 1.73 bits per heavy atom. The summed E-state index contributed by atoms with van der Waals surface area (Å²) in [6.07, 6.45) is 5.46. The summed E-state index contributed by atoms with van der Waals surface area (Å²) in [6, 6.07) is 0. The zero-order chi connectivity index (χ0) is 8.10. The molecule has 0 aromatic carbocycles. The van der Waals surface area contributed by atoms with Crippen molar-refractivity contribution in [2.45, 2.75) is 32.6 Å². The van der Waals surface area contributed by atoms with Gasteiger partial charge in [0.05, 0.1) is 6.61 Å². The van der Waals surface area contributed by atoms with E-state index in [0.29, 0.717) is 18.8 Å². The zero-order valence-corrected chi connectivity index (χ0v) is 6.93. The first-order chi connectivity index (χ1) is 5.34. The van der Waals surface area contributed by atoms with Crippen LogP contribution in [0, 0.1) is 0 Å². The van der Waals surface area contributed by atoms with Gasteiger partial charge in [0.25, 0.3) is 0 Å². The van der Waals surface area contributed by atoms with E-state index in [1.165, 1.54) is 0 Å². The summed E-state index contributed by atoms with van der Waals surface area (Å²) in [5.74, 6) is 0.766. The number of ether oxygens (including phenoxy) is 1. The second-order valence-electron chi connectivity index (χ2n) is 2.73. The van der Waals surface area contributed by atoms with Crippen molar-refractivity contribution in [1.29, 1.82) is 0 Å². The largest absolute Gasteiger partial charge is 0.490 e. The van der Waals surface area contributed by atoms with Gasteiger partial charge in [-0.3, -0.25) is 4.79 Å². The summed E-state index contributed by atoms with van der Waals surface area (Å²) in [6.45, 7) is 2.77. The lowest BCUT2D eigenvalue weighted by Gasteiger charge is -2.00. The van der Waals surface area contributed by atoms with E-state index < -0.39 is 0 Å². The van der Waals surface area contributed by atoms with Crippen LogP contribution in [0.15, 0.2) is 11.8 Å². The number of hydrogen-bond donors (Lipinski definition) is 0. The lowest BCUT2D eigenvalue weighted by atomic mass is 10.1. The smallest absolute Gasteiger partial charge is 0.197 e. The summed E-state index contributed by atoms with van der Waals surface area (Å²) in [5.41, 5.74) is 0. The average molecular weight is 154 g/mol. The highest BCUT2D eigenvalue weighted by molar-refractivity contribution is 5.93. The molecule has 0 aromatic heterocycles. The molecule has 0 bridgehead atoms. The van der Waals surface area contributed by atoms with Crippen molar-refractivity contribution in [3.63, 3.8) is 0 Å². The zero-order valence-electron chi connectivity index (χ0n) is 6.93. The van der Waals surface area contributed by atoms with Gasteiger partial charge in [-0.05, 0) is 12.5 Å². The second-order valence-corrected chi connectivity index (χ2v) is 2.73. The third kappa shape index (κ3) is 2.37. The van der Waals surface area contributed by atoms with Crippen molar-refractivity contribution < 1.29 is 9.53 Å². The average Bonchev–Trinajstić information content (AvgIpc) is 2.52. The highest BCUT2D eigenvalue weighted by Crippen LogP contribution is 2.12. The second kappa shape index (κ2) is 4.16. The number of carbonyl (C=O) groups excluding carboxylic acids is 1. The number of hydrogen-bond acceptors (Lipinski definition) is 2. The SMILES string of the molecule is CCCCC(=O)C1=CCCO1. The molecule has 0 N–H and O–H groups in total. The molecule has 1 aliphatic rings. The van der Waals surface area contributed by atoms with E-state index in [4.69, 9.17) is 4.74 Å². The maximum atomic E-state index is 11.2. The van der Waals surface area contributed by atoms with Gasteiger partial charge in [-0.15, -0.1) is 0 Å². The maximum Gasteiger partial charge on any atom is 0.197 e. The number of unbranched alkanes of at least 4 members (excludes halogenated alkanes) is 1. The molecule has 62 valence electrons. The normalized spacial score (nSPS) is 15.9. The fourth-order valence-corrected chi connectivity index (χ4v) is 1.07. The summed E-state index contributed by atoms with van der Waals surface area (Å²) < 4.78 is 5.12. The van der Waals surface area contributed by atoms with Crippen LogP contribution < -0.4 is 0 Å². The Kier molecular flexibility index (Phi) is 3.14. The van der Waals surface area contributed by atoms with Crippen LogP contribution >= 0.6 is 0 Å². The molecule has 11 heavy (non-hydrogen) atoms. The van der Waals surface area contributed by atoms with Crippen LogP contribution in [0.1, 0.15) is 32.6 Å². The third-order valence-electron chi connectivity index (χ3n) is 1.74. The van der Waals surface area contributed by atoms with Gasteiger partial charge in [-0.2, -0.15) is 0 Å². The van der Waals surface area contributed by atoms with Gasteiger partial charge in [0.1, 0.15) is 0 Å². The Morgan fingerprint density at radius 3 is 3.09 bits per heavy atom. The van der Waals surface area contributed by atoms with Crippen LogP contribution in [0.5, 0.6) is 0 Å². The number of rotatable bonds is 4. The lowest BCUT2D eigenvalue weighted by molar-refractivity contribution is -0.118. The molecule has 1 heterocycles. The topological polar surface area (TPSA) is 26.3 Å². The van der Waals surface area contributed by atoms with Crippen LogP contribution in [-0.4, -0.2) is 12.4 Å². The first-order valence-corrected chi connectivity index (χ1v) is 4.20. The Labute approximate surface area is 67.2 Å². The predicted octanol–water partition coefficient (Wildman–Crippen LogP) is 2.05. The summed E-state index contributed by atoms with van der Waals surface area (Å²) in [4.78, 5) is 11.2. The van der Waals surface area contributed by atoms with Crippen molar-refractivity contribution in [2.24, 2.45) is 0 Å². The minimum atomic E-state index is 0.171. The molecule has 0 aromatic rings. The van der Waals surface area contributed by atoms with E-state index in [1.54, 1.807) is 0 Å². The first-order valence-electron chi connectivity index (χ1n) is 4.20. The van der Waals surface area contributed by atoms with Gasteiger partial charge < -0.3 is 4.74 Å². The number of allylic oxidation sites excluding steroid dienone is 1. The minimum Gasteiger partial charge on any atom is -0.490 e. The van der Waals surface area contributed by atoms with Crippen molar-refractivity contribution in [3.05, 3.63) is 11.8 Å². The monoisotopic (exact) mass is 154 g/mol. The van der Waals surface area contributed by atoms with Crippen molar-refractivity contribution in [1.82, 2.24) is 0 Å². The van der Waals surface area contributed by atoms with Gasteiger partial charge >= 0.3 is 0 Å². The fraction of sp³-hybridized carbons (Fsp3) is 0.667. The molecule has 0 saturated heterocycles. The van der Waals surface area contributed by atoms with E-state index in [9.17, 15) is 4.79 Å². The molecule has 0 fully saturated rings. The Hall–Kier alpha value is -0.790. The molecule has 0 radical (unpaired) electrons. The first kappa shape index (κ1) is 8.31. The molecule has 0 amide bonds. The van der Waals surface area contributed by atoms with Crippen molar-refractivity contribution in [2.75, 3.05) is 6.61 Å². The number of ketones is 1. The van der Waals surface area contributed by atoms with Gasteiger partial charge in [0.2, 0.25) is 0 Å². The van der Waals surface area contributed by atoms with Crippen molar-refractivity contribution in [3.8, 4) is 0 Å². The van der Waals surface area contributed by atoms with E-state index >= 15 is 0 Å². The Morgan fingerprint density at radius 2 is 2.55 bits per heavy atom. The molecule has 0 atom stereocenters. The van der Waals surface area contributed by atoms with E-state index in [1.807, 2.05) is 6.08 Å². The highest BCUT2D eigenvalue weighted by Gasteiger charge is 2.13. The summed E-state index contributed by atoms with van der Waals surface area (Å²) >= 11 is 0.